The molecule has 0 spiro atoms. The van der Waals surface area contributed by atoms with Crippen molar-refractivity contribution in [2.24, 2.45) is 0 Å². The van der Waals surface area contributed by atoms with Crippen LogP contribution in [0.15, 0.2) is 41.6 Å². The summed E-state index contributed by atoms with van der Waals surface area (Å²) >= 11 is 0. The molecule has 1 N–H and O–H groups in total. The quantitative estimate of drug-likeness (QED) is 0.912. The van der Waals surface area contributed by atoms with E-state index in [-0.39, 0.29) is 10.8 Å². The Balaban J connectivity index is 1.92. The van der Waals surface area contributed by atoms with Crippen molar-refractivity contribution in [2.45, 2.75) is 11.3 Å². The van der Waals surface area contributed by atoms with Crippen LogP contribution in [0.3, 0.4) is 0 Å². The summed E-state index contributed by atoms with van der Waals surface area (Å²) in [6, 6.07) is 6.41. The van der Waals surface area contributed by atoms with Gasteiger partial charge in [0.2, 0.25) is 5.95 Å². The van der Waals surface area contributed by atoms with E-state index in [0.717, 1.165) is 17.7 Å². The lowest BCUT2D eigenvalue weighted by molar-refractivity contribution is 0.356. The summed E-state index contributed by atoms with van der Waals surface area (Å²) in [5.41, 5.74) is 0.900. The van der Waals surface area contributed by atoms with E-state index >= 15 is 0 Å². The smallest absolute Gasteiger partial charge is 0.264 e. The summed E-state index contributed by atoms with van der Waals surface area (Å²) in [6.45, 7) is 0.591. The Kier molecular flexibility index (Phi) is 2.83. The van der Waals surface area contributed by atoms with Gasteiger partial charge >= 0.3 is 0 Å². The predicted octanol–water partition coefficient (Wildman–Crippen LogP) is 1.21. The Morgan fingerprint density at radius 2 is 2.00 bits per heavy atom. The number of fused-ring (bicyclic) bond motifs is 1. The number of nitrogens with zero attached hydrogens (tertiary/aromatic N) is 2. The van der Waals surface area contributed by atoms with Crippen LogP contribution in [0.25, 0.3) is 0 Å². The molecule has 0 saturated carbocycles. The first kappa shape index (κ1) is 11.9. The number of aromatic nitrogens is 2. The molecule has 1 aromatic carbocycles. The van der Waals surface area contributed by atoms with Gasteiger partial charge in [-0.05, 0) is 29.8 Å². The highest BCUT2D eigenvalue weighted by Crippen LogP contribution is 2.27. The van der Waals surface area contributed by atoms with E-state index in [1.54, 1.807) is 18.2 Å². The molecule has 19 heavy (non-hydrogen) atoms. The van der Waals surface area contributed by atoms with Gasteiger partial charge in [-0.15, -0.1) is 0 Å². The van der Waals surface area contributed by atoms with Gasteiger partial charge in [0.25, 0.3) is 10.0 Å². The van der Waals surface area contributed by atoms with E-state index in [1.807, 2.05) is 0 Å². The molecule has 1 aliphatic heterocycles. The Morgan fingerprint density at radius 1 is 1.21 bits per heavy atom. The molecule has 98 valence electrons. The van der Waals surface area contributed by atoms with E-state index in [9.17, 15) is 8.42 Å². The first-order chi connectivity index (χ1) is 9.15. The fourth-order valence-corrected chi connectivity index (χ4v) is 2.87. The fraction of sp³-hybridized carbons (Fsp3) is 0.167. The molecule has 1 aliphatic rings. The molecule has 0 radical (unpaired) electrons. The zero-order chi connectivity index (χ0) is 13.3. The normalized spacial score (nSPS) is 13.7. The first-order valence-corrected chi connectivity index (χ1v) is 7.19. The van der Waals surface area contributed by atoms with Crippen molar-refractivity contribution in [3.05, 3.63) is 42.2 Å². The maximum atomic E-state index is 12.2. The number of sulfonamides is 1. The number of benzene rings is 1. The Labute approximate surface area is 110 Å². The number of hydrogen-bond acceptors (Lipinski definition) is 5. The van der Waals surface area contributed by atoms with Gasteiger partial charge in [0.1, 0.15) is 5.75 Å². The number of anilines is 1. The third-order valence-corrected chi connectivity index (χ3v) is 4.09. The average Bonchev–Trinajstić information content (AvgIpc) is 2.86. The summed E-state index contributed by atoms with van der Waals surface area (Å²) in [6.07, 6.45) is 3.67. The van der Waals surface area contributed by atoms with Gasteiger partial charge in [-0.2, -0.15) is 0 Å². The van der Waals surface area contributed by atoms with Crippen molar-refractivity contribution in [2.75, 3.05) is 11.3 Å². The lowest BCUT2D eigenvalue weighted by Crippen LogP contribution is -2.14. The van der Waals surface area contributed by atoms with Crippen LogP contribution >= 0.6 is 0 Å². The van der Waals surface area contributed by atoms with Crippen molar-refractivity contribution < 1.29 is 13.2 Å². The minimum Gasteiger partial charge on any atom is -0.493 e. The molecule has 0 aliphatic carbocycles. The van der Waals surface area contributed by atoms with E-state index in [0.29, 0.717) is 6.61 Å². The van der Waals surface area contributed by atoms with Crippen LogP contribution < -0.4 is 9.46 Å². The van der Waals surface area contributed by atoms with Gasteiger partial charge < -0.3 is 4.74 Å². The van der Waals surface area contributed by atoms with Gasteiger partial charge in [-0.3, -0.25) is 0 Å². The molecule has 3 rings (SSSR count). The van der Waals surface area contributed by atoms with E-state index in [4.69, 9.17) is 4.74 Å². The largest absolute Gasteiger partial charge is 0.493 e. The molecular formula is C12H11N3O3S. The highest BCUT2D eigenvalue weighted by atomic mass is 32.2. The second kappa shape index (κ2) is 4.51. The molecule has 0 atom stereocenters. The molecular weight excluding hydrogens is 266 g/mol. The second-order valence-electron chi connectivity index (χ2n) is 4.05. The van der Waals surface area contributed by atoms with E-state index in [1.165, 1.54) is 18.5 Å². The molecule has 0 unspecified atom stereocenters. The fourth-order valence-electron chi connectivity index (χ4n) is 1.86. The molecule has 2 aromatic rings. The monoisotopic (exact) mass is 277 g/mol. The summed E-state index contributed by atoms with van der Waals surface area (Å²) in [7, 11) is -3.67. The minimum atomic E-state index is -3.67. The van der Waals surface area contributed by atoms with Crippen LogP contribution in [0, 0.1) is 0 Å². The van der Waals surface area contributed by atoms with Crippen molar-refractivity contribution >= 4 is 16.0 Å². The molecule has 0 saturated heterocycles. The van der Waals surface area contributed by atoms with Crippen LogP contribution in [0.4, 0.5) is 5.95 Å². The Bertz CT molecular complexity index is 701. The molecule has 0 fully saturated rings. The average molecular weight is 277 g/mol. The maximum Gasteiger partial charge on any atom is 0.264 e. The maximum absolute atomic E-state index is 12.2. The molecule has 1 aromatic heterocycles. The van der Waals surface area contributed by atoms with Gasteiger partial charge in [0.15, 0.2) is 0 Å². The minimum absolute atomic E-state index is 0.0549. The first-order valence-electron chi connectivity index (χ1n) is 5.71. The van der Waals surface area contributed by atoms with Gasteiger partial charge in [-0.25, -0.2) is 23.1 Å². The summed E-state index contributed by atoms with van der Waals surface area (Å²) < 4.78 is 32.0. The lowest BCUT2D eigenvalue weighted by atomic mass is 10.2. The molecule has 0 bridgehead atoms. The number of nitrogens with one attached hydrogen (secondary N) is 1. The second-order valence-corrected chi connectivity index (χ2v) is 5.73. The highest BCUT2D eigenvalue weighted by molar-refractivity contribution is 7.92. The Morgan fingerprint density at radius 3 is 2.79 bits per heavy atom. The van der Waals surface area contributed by atoms with Crippen LogP contribution in [0.1, 0.15) is 5.56 Å². The van der Waals surface area contributed by atoms with Crippen molar-refractivity contribution in [1.29, 1.82) is 0 Å². The molecule has 7 heteroatoms. The zero-order valence-electron chi connectivity index (χ0n) is 9.91. The molecule has 2 heterocycles. The number of rotatable bonds is 3. The third-order valence-electron chi connectivity index (χ3n) is 2.76. The van der Waals surface area contributed by atoms with Crippen LogP contribution in [0.5, 0.6) is 5.75 Å². The number of hydrogen-bond donors (Lipinski definition) is 1. The summed E-state index contributed by atoms with van der Waals surface area (Å²) in [4.78, 5) is 7.86. The van der Waals surface area contributed by atoms with Gasteiger partial charge in [0.05, 0.1) is 11.5 Å². The molecule has 0 amide bonds. The summed E-state index contributed by atoms with van der Waals surface area (Å²) in [5.74, 6) is 0.800. The predicted molar refractivity (Wildman–Crippen MR) is 68.5 cm³/mol. The van der Waals surface area contributed by atoms with E-state index in [2.05, 4.69) is 14.7 Å². The SMILES string of the molecule is O=S(=O)(Nc1ncccn1)c1ccc2c(c1)CCO2. The standard InChI is InChI=1S/C12H11N3O3S/c16-19(17,15-12-13-5-1-6-14-12)10-2-3-11-9(8-10)4-7-18-11/h1-3,5-6,8H,4,7H2,(H,13,14,15). The van der Waals surface area contributed by atoms with Crippen molar-refractivity contribution in [1.82, 2.24) is 9.97 Å². The van der Waals surface area contributed by atoms with Crippen LogP contribution in [0.2, 0.25) is 0 Å². The zero-order valence-corrected chi connectivity index (χ0v) is 10.7. The van der Waals surface area contributed by atoms with Crippen molar-refractivity contribution in [3.8, 4) is 5.75 Å². The van der Waals surface area contributed by atoms with Crippen LogP contribution in [-0.2, 0) is 16.4 Å². The van der Waals surface area contributed by atoms with E-state index < -0.39 is 10.0 Å². The topological polar surface area (TPSA) is 81.2 Å². The number of ether oxygens (including phenoxy) is 1. The lowest BCUT2D eigenvalue weighted by Gasteiger charge is -2.07. The summed E-state index contributed by atoms with van der Waals surface area (Å²) in [5, 5.41) is 0. The molecule has 6 nitrogen and oxygen atoms in total. The van der Waals surface area contributed by atoms with Gasteiger partial charge in [0, 0.05) is 18.8 Å². The van der Waals surface area contributed by atoms with Gasteiger partial charge in [-0.1, -0.05) is 0 Å². The van der Waals surface area contributed by atoms with Crippen LogP contribution in [-0.4, -0.2) is 25.0 Å². The Hall–Kier alpha value is -2.15. The van der Waals surface area contributed by atoms with Crippen molar-refractivity contribution in [3.63, 3.8) is 0 Å². The third kappa shape index (κ3) is 2.37. The highest BCUT2D eigenvalue weighted by Gasteiger charge is 2.19.